The molecule has 1 aliphatic carbocycles. The molecule has 2 aliphatic rings. The molecule has 3 rings (SSSR count). The summed E-state index contributed by atoms with van der Waals surface area (Å²) in [5, 5.41) is 0. The first-order valence-corrected chi connectivity index (χ1v) is 6.89. The summed E-state index contributed by atoms with van der Waals surface area (Å²) in [5.41, 5.74) is 0.954. The summed E-state index contributed by atoms with van der Waals surface area (Å²) in [4.78, 5) is 13.6. The molecule has 3 nitrogen and oxygen atoms in total. The molecule has 3 atom stereocenters. The summed E-state index contributed by atoms with van der Waals surface area (Å²) in [6.45, 7) is 0.875. The number of nitrogens with zero attached hydrogens (tertiary/aromatic N) is 1. The van der Waals surface area contributed by atoms with E-state index in [-0.39, 0.29) is 24.7 Å². The molecule has 2 fully saturated rings. The number of alkyl halides is 1. The topological polar surface area (TPSA) is 29.5 Å². The van der Waals surface area contributed by atoms with Gasteiger partial charge in [-0.2, -0.15) is 0 Å². The number of ether oxygens (including phenoxy) is 1. The highest BCUT2D eigenvalue weighted by Crippen LogP contribution is 2.45. The van der Waals surface area contributed by atoms with Crippen molar-refractivity contribution in [2.75, 3.05) is 6.54 Å². The quantitative estimate of drug-likeness (QED) is 0.820. The van der Waals surface area contributed by atoms with E-state index in [0.717, 1.165) is 24.8 Å². The minimum absolute atomic E-state index is 0.0479. The van der Waals surface area contributed by atoms with Crippen LogP contribution in [0.1, 0.15) is 24.8 Å². The Morgan fingerprint density at radius 2 is 2.11 bits per heavy atom. The van der Waals surface area contributed by atoms with Crippen LogP contribution in [0.15, 0.2) is 30.3 Å². The third kappa shape index (κ3) is 2.57. The van der Waals surface area contributed by atoms with Gasteiger partial charge in [0.15, 0.2) is 0 Å². The van der Waals surface area contributed by atoms with Gasteiger partial charge in [0.25, 0.3) is 0 Å². The van der Waals surface area contributed by atoms with Gasteiger partial charge >= 0.3 is 6.09 Å². The van der Waals surface area contributed by atoms with Crippen molar-refractivity contribution in [3.8, 4) is 0 Å². The van der Waals surface area contributed by atoms with Crippen LogP contribution in [0.3, 0.4) is 0 Å². The molecule has 102 valence electrons. The van der Waals surface area contributed by atoms with Crippen molar-refractivity contribution in [2.24, 2.45) is 5.92 Å². The van der Waals surface area contributed by atoms with Crippen LogP contribution in [0.4, 0.5) is 9.18 Å². The van der Waals surface area contributed by atoms with Crippen molar-refractivity contribution in [2.45, 2.75) is 38.1 Å². The van der Waals surface area contributed by atoms with E-state index in [2.05, 4.69) is 0 Å². The molecule has 1 saturated heterocycles. The Balaban J connectivity index is 1.58. The standard InChI is InChI=1S/C15H18FNO2/c16-13-12-8-4-5-9-17(14(12)13)15(18)19-10-11-6-2-1-3-7-11/h1-3,6-7,12-14H,4-5,8-10H2/t12-,13-,14?/m0/s1. The van der Waals surface area contributed by atoms with Crippen molar-refractivity contribution in [1.82, 2.24) is 4.90 Å². The van der Waals surface area contributed by atoms with Crippen LogP contribution in [-0.4, -0.2) is 29.8 Å². The lowest BCUT2D eigenvalue weighted by Crippen LogP contribution is -2.35. The predicted octanol–water partition coefficient (Wildman–Crippen LogP) is 3.15. The first kappa shape index (κ1) is 12.5. The number of likely N-dealkylation sites (tertiary alicyclic amines) is 1. The molecule has 4 heteroatoms. The number of halogens is 1. The zero-order chi connectivity index (χ0) is 13.2. The molecule has 1 aliphatic heterocycles. The van der Waals surface area contributed by atoms with E-state index in [1.165, 1.54) is 0 Å². The highest BCUT2D eigenvalue weighted by Gasteiger charge is 2.56. The van der Waals surface area contributed by atoms with Gasteiger partial charge in [-0.25, -0.2) is 9.18 Å². The monoisotopic (exact) mass is 263 g/mol. The first-order valence-electron chi connectivity index (χ1n) is 6.89. The van der Waals surface area contributed by atoms with Crippen LogP contribution in [0, 0.1) is 5.92 Å². The van der Waals surface area contributed by atoms with Crippen LogP contribution in [-0.2, 0) is 11.3 Å². The lowest BCUT2D eigenvalue weighted by molar-refractivity contribution is 0.0903. The number of rotatable bonds is 2. The molecule has 1 aromatic carbocycles. The molecular weight excluding hydrogens is 245 g/mol. The van der Waals surface area contributed by atoms with Gasteiger partial charge in [0, 0.05) is 12.5 Å². The Morgan fingerprint density at radius 1 is 1.32 bits per heavy atom. The van der Waals surface area contributed by atoms with Gasteiger partial charge in [-0.3, -0.25) is 0 Å². The average Bonchev–Trinajstić information content (AvgIpc) is 3.13. The summed E-state index contributed by atoms with van der Waals surface area (Å²) < 4.78 is 18.9. The average molecular weight is 263 g/mol. The Hall–Kier alpha value is -1.58. The van der Waals surface area contributed by atoms with E-state index in [9.17, 15) is 9.18 Å². The fourth-order valence-electron chi connectivity index (χ4n) is 2.87. The normalized spacial score (nSPS) is 29.3. The third-order valence-corrected chi connectivity index (χ3v) is 4.02. The SMILES string of the molecule is O=C(OCc1ccccc1)N1CCCC[C@@H]2C1[C@H]2F. The molecule has 19 heavy (non-hydrogen) atoms. The van der Waals surface area contributed by atoms with E-state index < -0.39 is 6.17 Å². The predicted molar refractivity (Wildman–Crippen MR) is 69.4 cm³/mol. The van der Waals surface area contributed by atoms with Crippen LogP contribution in [0.5, 0.6) is 0 Å². The Bertz CT molecular complexity index is 451. The lowest BCUT2D eigenvalue weighted by atomic mass is 10.2. The Labute approximate surface area is 112 Å². The van der Waals surface area contributed by atoms with E-state index in [1.807, 2.05) is 30.3 Å². The number of benzene rings is 1. The minimum atomic E-state index is -0.843. The van der Waals surface area contributed by atoms with Crippen LogP contribution in [0.25, 0.3) is 0 Å². The molecule has 0 bridgehead atoms. The van der Waals surface area contributed by atoms with Gasteiger partial charge in [-0.15, -0.1) is 0 Å². The summed E-state index contributed by atoms with van der Waals surface area (Å²) in [6.07, 6.45) is 1.63. The minimum Gasteiger partial charge on any atom is -0.445 e. The van der Waals surface area contributed by atoms with Gasteiger partial charge in [-0.05, 0) is 18.4 Å². The summed E-state index contributed by atoms with van der Waals surface area (Å²) >= 11 is 0. The summed E-state index contributed by atoms with van der Waals surface area (Å²) in [6, 6.07) is 9.32. The summed E-state index contributed by atoms with van der Waals surface area (Å²) in [7, 11) is 0. The van der Waals surface area contributed by atoms with Crippen molar-refractivity contribution in [3.05, 3.63) is 35.9 Å². The molecule has 1 saturated carbocycles. The lowest BCUT2D eigenvalue weighted by Gasteiger charge is -2.20. The summed E-state index contributed by atoms with van der Waals surface area (Å²) in [5.74, 6) is 0.0479. The molecule has 1 unspecified atom stereocenters. The van der Waals surface area contributed by atoms with Gasteiger partial charge in [-0.1, -0.05) is 36.8 Å². The number of amides is 1. The number of fused-ring (bicyclic) bond motifs is 1. The molecular formula is C15H18FNO2. The van der Waals surface area contributed by atoms with E-state index in [4.69, 9.17) is 4.74 Å². The maximum atomic E-state index is 13.6. The number of hydrogen-bond donors (Lipinski definition) is 0. The van der Waals surface area contributed by atoms with E-state index in [0.29, 0.717) is 6.54 Å². The van der Waals surface area contributed by atoms with E-state index >= 15 is 0 Å². The Morgan fingerprint density at radius 3 is 2.89 bits per heavy atom. The molecule has 1 heterocycles. The largest absolute Gasteiger partial charge is 0.445 e. The van der Waals surface area contributed by atoms with Crippen LogP contribution >= 0.6 is 0 Å². The number of carbonyl (C=O) groups excluding carboxylic acids is 1. The maximum Gasteiger partial charge on any atom is 0.410 e. The zero-order valence-corrected chi connectivity index (χ0v) is 10.8. The smallest absolute Gasteiger partial charge is 0.410 e. The molecule has 0 spiro atoms. The van der Waals surface area contributed by atoms with Crippen molar-refractivity contribution in [3.63, 3.8) is 0 Å². The number of hydrogen-bond acceptors (Lipinski definition) is 2. The fourth-order valence-corrected chi connectivity index (χ4v) is 2.87. The van der Waals surface area contributed by atoms with Crippen molar-refractivity contribution < 1.29 is 13.9 Å². The Kier molecular flexibility index (Phi) is 3.40. The van der Waals surface area contributed by atoms with Gasteiger partial charge < -0.3 is 9.64 Å². The molecule has 0 aromatic heterocycles. The zero-order valence-electron chi connectivity index (χ0n) is 10.8. The van der Waals surface area contributed by atoms with Crippen LogP contribution < -0.4 is 0 Å². The van der Waals surface area contributed by atoms with Gasteiger partial charge in [0.05, 0.1) is 6.04 Å². The molecule has 0 radical (unpaired) electrons. The fraction of sp³-hybridized carbons (Fsp3) is 0.533. The van der Waals surface area contributed by atoms with Crippen molar-refractivity contribution in [1.29, 1.82) is 0 Å². The van der Waals surface area contributed by atoms with Crippen molar-refractivity contribution >= 4 is 6.09 Å². The highest BCUT2D eigenvalue weighted by atomic mass is 19.1. The van der Waals surface area contributed by atoms with Crippen LogP contribution in [0.2, 0.25) is 0 Å². The van der Waals surface area contributed by atoms with E-state index in [1.54, 1.807) is 4.90 Å². The third-order valence-electron chi connectivity index (χ3n) is 4.02. The highest BCUT2D eigenvalue weighted by molar-refractivity contribution is 5.69. The molecule has 1 aromatic rings. The van der Waals surface area contributed by atoms with Gasteiger partial charge in [0.1, 0.15) is 12.8 Å². The number of carbonyl (C=O) groups is 1. The van der Waals surface area contributed by atoms with Gasteiger partial charge in [0.2, 0.25) is 0 Å². The first-order chi connectivity index (χ1) is 9.27. The second-order valence-corrected chi connectivity index (χ2v) is 5.33. The second kappa shape index (κ2) is 5.19. The molecule has 1 amide bonds. The second-order valence-electron chi connectivity index (χ2n) is 5.33. The molecule has 0 N–H and O–H groups in total. The maximum absolute atomic E-state index is 13.6.